The molecule has 0 aromatic heterocycles. The molecule has 0 radical (unpaired) electrons. The van der Waals surface area contributed by atoms with E-state index in [1.165, 1.54) is 13.8 Å². The Morgan fingerprint density at radius 2 is 1.54 bits per heavy atom. The topological polar surface area (TPSA) is 234 Å². The molecule has 13 heteroatoms. The largest absolute Gasteiger partial charge is 0.480 e. The fourth-order valence-electron chi connectivity index (χ4n) is 1.95. The van der Waals surface area contributed by atoms with E-state index < -0.39 is 66.5 Å². The first kappa shape index (κ1) is 25.2. The maximum absolute atomic E-state index is 12.3. The van der Waals surface area contributed by atoms with Gasteiger partial charge in [-0.25, -0.2) is 4.79 Å². The predicted octanol–water partition coefficient (Wildman–Crippen LogP) is -4.49. The molecule has 5 unspecified atom stereocenters. The number of hydrogen-bond donors (Lipinski definition) is 8. The highest BCUT2D eigenvalue weighted by Gasteiger charge is 2.30. The van der Waals surface area contributed by atoms with E-state index in [4.69, 9.17) is 21.7 Å². The molecule has 0 spiro atoms. The van der Waals surface area contributed by atoms with Crippen LogP contribution in [0.15, 0.2) is 0 Å². The number of carbonyl (C=O) groups excluding carboxylic acids is 4. The van der Waals surface area contributed by atoms with E-state index >= 15 is 0 Å². The highest BCUT2D eigenvalue weighted by atomic mass is 16.4. The van der Waals surface area contributed by atoms with Crippen LogP contribution in [0.4, 0.5) is 0 Å². The van der Waals surface area contributed by atoms with Gasteiger partial charge in [-0.3, -0.25) is 19.2 Å². The second-order valence-electron chi connectivity index (χ2n) is 6.15. The molecule has 0 fully saturated rings. The quantitative estimate of drug-likeness (QED) is 0.156. The number of aliphatic hydroxyl groups excluding tert-OH is 2. The Labute approximate surface area is 160 Å². The third-order valence-corrected chi connectivity index (χ3v) is 3.65. The number of aliphatic carboxylic acids is 1. The lowest BCUT2D eigenvalue weighted by atomic mass is 10.1. The number of aliphatic hydroxyl groups is 2. The monoisotopic (exact) mass is 405 g/mol. The van der Waals surface area contributed by atoms with E-state index in [0.29, 0.717) is 0 Å². The van der Waals surface area contributed by atoms with Gasteiger partial charge < -0.3 is 42.7 Å². The van der Waals surface area contributed by atoms with Crippen molar-refractivity contribution in [3.8, 4) is 0 Å². The van der Waals surface area contributed by atoms with Crippen molar-refractivity contribution in [2.45, 2.75) is 57.0 Å². The number of primary amides is 1. The van der Waals surface area contributed by atoms with Gasteiger partial charge in [-0.1, -0.05) is 0 Å². The Hall–Kier alpha value is -2.77. The molecule has 0 aliphatic carbocycles. The number of hydrogen-bond acceptors (Lipinski definition) is 8. The lowest BCUT2D eigenvalue weighted by Crippen LogP contribution is -2.59. The molecule has 13 nitrogen and oxygen atoms in total. The number of nitrogens with one attached hydrogen (secondary N) is 3. The normalized spacial score (nSPS) is 16.0. The molecule has 0 heterocycles. The van der Waals surface area contributed by atoms with Crippen molar-refractivity contribution in [2.24, 2.45) is 11.5 Å². The molecule has 4 amide bonds. The number of amides is 4. The fourth-order valence-corrected chi connectivity index (χ4v) is 1.95. The summed E-state index contributed by atoms with van der Waals surface area (Å²) in [6, 6.07) is -5.40. The second kappa shape index (κ2) is 11.8. The summed E-state index contributed by atoms with van der Waals surface area (Å²) in [4.78, 5) is 57.7. The molecule has 28 heavy (non-hydrogen) atoms. The third-order valence-electron chi connectivity index (χ3n) is 3.65. The number of carboxylic acid groups (broad SMARTS) is 1. The summed E-state index contributed by atoms with van der Waals surface area (Å²) in [6.45, 7) is 1.61. The molecule has 0 saturated carbocycles. The molecular weight excluding hydrogens is 378 g/mol. The summed E-state index contributed by atoms with van der Waals surface area (Å²) in [6.07, 6.45) is -1.56. The Kier molecular flexibility index (Phi) is 10.7. The third kappa shape index (κ3) is 8.75. The zero-order chi connectivity index (χ0) is 22.0. The molecule has 160 valence electrons. The Morgan fingerprint density at radius 1 is 0.964 bits per heavy atom. The zero-order valence-electron chi connectivity index (χ0n) is 15.5. The summed E-state index contributed by atoms with van der Waals surface area (Å²) in [5.41, 5.74) is 10.5. The fraction of sp³-hybridized carbons (Fsp3) is 0.667. The van der Waals surface area contributed by atoms with Gasteiger partial charge in [0.15, 0.2) is 0 Å². The Balaban J connectivity index is 4.89. The average molecular weight is 405 g/mol. The van der Waals surface area contributed by atoms with Crippen LogP contribution in [-0.4, -0.2) is 81.8 Å². The number of nitrogens with two attached hydrogens (primary N) is 2. The van der Waals surface area contributed by atoms with Gasteiger partial charge in [0.05, 0.1) is 18.8 Å². The van der Waals surface area contributed by atoms with Crippen molar-refractivity contribution in [1.82, 2.24) is 16.0 Å². The van der Waals surface area contributed by atoms with Crippen molar-refractivity contribution in [1.29, 1.82) is 0 Å². The van der Waals surface area contributed by atoms with Crippen molar-refractivity contribution >= 4 is 29.6 Å². The molecule has 0 aromatic rings. The molecular formula is C15H27N5O8. The van der Waals surface area contributed by atoms with E-state index in [1.807, 2.05) is 5.32 Å². The standard InChI is InChI=1S/C15H27N5O8/c1-6(12(24)19-9(5-21)15(27)28)18-14(26)11(7(2)22)20-13(25)8(16)3-4-10(17)23/h6-9,11,21-22H,3-5,16H2,1-2H3,(H2,17,23)(H,18,26)(H,19,24)(H,20,25)(H,27,28). The highest BCUT2D eigenvalue weighted by molar-refractivity contribution is 5.94. The molecule has 5 atom stereocenters. The van der Waals surface area contributed by atoms with E-state index in [9.17, 15) is 29.1 Å². The van der Waals surface area contributed by atoms with Crippen molar-refractivity contribution < 1.29 is 39.3 Å². The van der Waals surface area contributed by atoms with Crippen molar-refractivity contribution in [3.63, 3.8) is 0 Å². The van der Waals surface area contributed by atoms with Crippen molar-refractivity contribution in [2.75, 3.05) is 6.61 Å². The summed E-state index contributed by atoms with van der Waals surface area (Å²) < 4.78 is 0. The predicted molar refractivity (Wildman–Crippen MR) is 94.3 cm³/mol. The average Bonchev–Trinajstić information content (AvgIpc) is 2.60. The van der Waals surface area contributed by atoms with E-state index in [2.05, 4.69) is 10.6 Å². The van der Waals surface area contributed by atoms with Crippen LogP contribution in [0.1, 0.15) is 26.7 Å². The number of carbonyl (C=O) groups is 5. The number of rotatable bonds is 12. The minimum absolute atomic E-state index is 0.0636. The molecule has 0 aliphatic rings. The van der Waals surface area contributed by atoms with Crippen molar-refractivity contribution in [3.05, 3.63) is 0 Å². The Morgan fingerprint density at radius 3 is 1.96 bits per heavy atom. The summed E-state index contributed by atoms with van der Waals surface area (Å²) in [7, 11) is 0. The molecule has 10 N–H and O–H groups in total. The first-order chi connectivity index (χ1) is 12.9. The molecule has 0 aliphatic heterocycles. The van der Waals surface area contributed by atoms with Crippen LogP contribution in [0.3, 0.4) is 0 Å². The van der Waals surface area contributed by atoms with Crippen LogP contribution in [0.25, 0.3) is 0 Å². The SMILES string of the molecule is CC(NC(=O)C(NC(=O)C(N)CCC(N)=O)C(C)O)C(=O)NC(CO)C(=O)O. The van der Waals surface area contributed by atoms with Gasteiger partial charge in [-0.05, 0) is 20.3 Å². The van der Waals surface area contributed by atoms with Gasteiger partial charge in [0.2, 0.25) is 23.6 Å². The van der Waals surface area contributed by atoms with E-state index in [1.54, 1.807) is 0 Å². The van der Waals surface area contributed by atoms with Crippen LogP contribution in [-0.2, 0) is 24.0 Å². The van der Waals surface area contributed by atoms with Gasteiger partial charge in [-0.2, -0.15) is 0 Å². The Bertz CT molecular complexity index is 597. The lowest BCUT2D eigenvalue weighted by Gasteiger charge is -2.24. The minimum Gasteiger partial charge on any atom is -0.480 e. The van der Waals surface area contributed by atoms with Gasteiger partial charge in [0.1, 0.15) is 18.1 Å². The van der Waals surface area contributed by atoms with Crippen LogP contribution in [0.5, 0.6) is 0 Å². The smallest absolute Gasteiger partial charge is 0.328 e. The highest BCUT2D eigenvalue weighted by Crippen LogP contribution is 2.00. The summed E-state index contributed by atoms with van der Waals surface area (Å²) in [5.74, 6) is -4.76. The van der Waals surface area contributed by atoms with E-state index in [0.717, 1.165) is 0 Å². The van der Waals surface area contributed by atoms with Gasteiger partial charge in [-0.15, -0.1) is 0 Å². The maximum Gasteiger partial charge on any atom is 0.328 e. The first-order valence-electron chi connectivity index (χ1n) is 8.37. The number of carboxylic acids is 1. The molecule has 0 saturated heterocycles. The first-order valence-corrected chi connectivity index (χ1v) is 8.37. The molecule has 0 aromatic carbocycles. The van der Waals surface area contributed by atoms with Gasteiger partial charge >= 0.3 is 5.97 Å². The van der Waals surface area contributed by atoms with Crippen LogP contribution in [0, 0.1) is 0 Å². The minimum atomic E-state index is -1.55. The van der Waals surface area contributed by atoms with Crippen LogP contribution < -0.4 is 27.4 Å². The van der Waals surface area contributed by atoms with Gasteiger partial charge in [0.25, 0.3) is 0 Å². The molecule has 0 bridgehead atoms. The van der Waals surface area contributed by atoms with E-state index in [-0.39, 0.29) is 12.8 Å². The van der Waals surface area contributed by atoms with Crippen LogP contribution >= 0.6 is 0 Å². The zero-order valence-corrected chi connectivity index (χ0v) is 15.5. The molecule has 0 rings (SSSR count). The summed E-state index contributed by atoms with van der Waals surface area (Å²) in [5, 5.41) is 33.9. The lowest BCUT2D eigenvalue weighted by molar-refractivity contribution is -0.143. The van der Waals surface area contributed by atoms with Gasteiger partial charge in [0, 0.05) is 6.42 Å². The second-order valence-corrected chi connectivity index (χ2v) is 6.15. The van der Waals surface area contributed by atoms with Crippen LogP contribution in [0.2, 0.25) is 0 Å². The maximum atomic E-state index is 12.3. The summed E-state index contributed by atoms with van der Waals surface area (Å²) >= 11 is 0.